The minimum Gasteiger partial charge on any atom is -0.355 e. The summed E-state index contributed by atoms with van der Waals surface area (Å²) in [5.74, 6) is 0.785. The zero-order chi connectivity index (χ0) is 23.6. The van der Waals surface area contributed by atoms with Crippen LogP contribution in [0.15, 0.2) is 65.8 Å². The first-order valence-electron chi connectivity index (χ1n) is 10.3. The molecule has 0 fully saturated rings. The van der Waals surface area contributed by atoms with Crippen molar-refractivity contribution in [2.24, 2.45) is 0 Å². The minimum atomic E-state index is -3.48. The lowest BCUT2D eigenvalue weighted by molar-refractivity contribution is 0.0962. The van der Waals surface area contributed by atoms with Crippen molar-refractivity contribution in [3.8, 4) is 0 Å². The Morgan fingerprint density at radius 2 is 1.79 bits per heavy atom. The number of aromatic nitrogens is 3. The molecule has 0 atom stereocenters. The van der Waals surface area contributed by atoms with Gasteiger partial charge < -0.3 is 20.9 Å². The van der Waals surface area contributed by atoms with Crippen molar-refractivity contribution < 1.29 is 13.2 Å². The number of para-hydroxylation sites is 1. The maximum Gasteiger partial charge on any atom is 0.252 e. The van der Waals surface area contributed by atoms with E-state index in [1.165, 1.54) is 6.20 Å². The monoisotopic (exact) mass is 464 g/mol. The Morgan fingerprint density at radius 1 is 1.00 bits per heavy atom. The Balaban J connectivity index is 1.69. The van der Waals surface area contributed by atoms with E-state index >= 15 is 0 Å². The van der Waals surface area contributed by atoms with Gasteiger partial charge in [0.05, 0.1) is 27.1 Å². The van der Waals surface area contributed by atoms with Gasteiger partial charge in [-0.2, -0.15) is 0 Å². The zero-order valence-corrected chi connectivity index (χ0v) is 19.2. The molecule has 3 heterocycles. The van der Waals surface area contributed by atoms with Crippen LogP contribution in [0.3, 0.4) is 0 Å². The van der Waals surface area contributed by atoms with Crippen LogP contribution in [0.25, 0.3) is 11.0 Å². The van der Waals surface area contributed by atoms with Crippen molar-refractivity contribution in [2.75, 3.05) is 17.7 Å². The van der Waals surface area contributed by atoms with Crippen LogP contribution in [0.2, 0.25) is 0 Å². The summed E-state index contributed by atoms with van der Waals surface area (Å²) in [6.45, 7) is 3.32. The molecular weight excluding hydrogens is 440 g/mol. The molecule has 0 saturated carbocycles. The third-order valence-corrected chi connectivity index (χ3v) is 7.33. The van der Waals surface area contributed by atoms with Crippen molar-refractivity contribution in [3.05, 3.63) is 66.5 Å². The molecule has 0 aliphatic carbocycles. The average Bonchev–Trinajstić information content (AvgIpc) is 3.28. The van der Waals surface area contributed by atoms with Gasteiger partial charge in [0.2, 0.25) is 0 Å². The number of anilines is 4. The smallest absolute Gasteiger partial charge is 0.252 e. The number of benzene rings is 1. The lowest BCUT2D eigenvalue weighted by Crippen LogP contribution is -2.17. The Morgan fingerprint density at radius 3 is 2.48 bits per heavy atom. The van der Waals surface area contributed by atoms with Gasteiger partial charge >= 0.3 is 0 Å². The fourth-order valence-corrected chi connectivity index (χ4v) is 4.50. The van der Waals surface area contributed by atoms with Crippen LogP contribution in [-0.2, 0) is 9.84 Å². The molecule has 10 heteroatoms. The van der Waals surface area contributed by atoms with Crippen molar-refractivity contribution >= 4 is 49.8 Å². The fraction of sp³-hybridized carbons (Fsp3) is 0.174. The SMILES string of the molecule is CNC(=O)c1ccc(Nc2cc(Nc3ccccc3S(=O)(=O)C(C)C)c3cc[nH]c3n2)nc1. The molecule has 0 aliphatic heterocycles. The van der Waals surface area contributed by atoms with Gasteiger partial charge in [0, 0.05) is 30.9 Å². The number of aromatic amines is 1. The predicted molar refractivity (Wildman–Crippen MR) is 129 cm³/mol. The molecule has 0 saturated heterocycles. The number of amides is 1. The van der Waals surface area contributed by atoms with Gasteiger partial charge in [-0.1, -0.05) is 12.1 Å². The molecule has 4 aromatic rings. The topological polar surface area (TPSA) is 129 Å². The number of nitrogens with one attached hydrogen (secondary N) is 4. The molecule has 4 rings (SSSR count). The summed E-state index contributed by atoms with van der Waals surface area (Å²) < 4.78 is 25.7. The lowest BCUT2D eigenvalue weighted by atomic mass is 10.2. The van der Waals surface area contributed by atoms with Gasteiger partial charge in [-0.25, -0.2) is 18.4 Å². The van der Waals surface area contributed by atoms with E-state index in [-0.39, 0.29) is 10.8 Å². The summed E-state index contributed by atoms with van der Waals surface area (Å²) in [5, 5.41) is 9.20. The molecule has 9 nitrogen and oxygen atoms in total. The predicted octanol–water partition coefficient (Wildman–Crippen LogP) is 3.99. The Bertz CT molecular complexity index is 1410. The van der Waals surface area contributed by atoms with Crippen LogP contribution in [0.4, 0.5) is 23.0 Å². The van der Waals surface area contributed by atoms with Crippen LogP contribution < -0.4 is 16.0 Å². The second-order valence-electron chi connectivity index (χ2n) is 7.65. The lowest BCUT2D eigenvalue weighted by Gasteiger charge is -2.16. The number of H-pyrrole nitrogens is 1. The molecule has 4 N–H and O–H groups in total. The summed E-state index contributed by atoms with van der Waals surface area (Å²) in [4.78, 5) is 23.9. The highest BCUT2D eigenvalue weighted by molar-refractivity contribution is 7.92. The van der Waals surface area contributed by atoms with Crippen LogP contribution in [-0.4, -0.2) is 41.6 Å². The van der Waals surface area contributed by atoms with Crippen molar-refractivity contribution in [3.63, 3.8) is 0 Å². The third kappa shape index (κ3) is 4.51. The molecule has 3 aromatic heterocycles. The fourth-order valence-electron chi connectivity index (χ4n) is 3.30. The van der Waals surface area contributed by atoms with Crippen molar-refractivity contribution in [1.82, 2.24) is 20.3 Å². The molecule has 1 aromatic carbocycles. The van der Waals surface area contributed by atoms with Crippen molar-refractivity contribution in [1.29, 1.82) is 0 Å². The van der Waals surface area contributed by atoms with Crippen LogP contribution in [0.1, 0.15) is 24.2 Å². The summed E-state index contributed by atoms with van der Waals surface area (Å²) in [6, 6.07) is 13.8. The number of fused-ring (bicyclic) bond motifs is 1. The Hall–Kier alpha value is -3.92. The highest BCUT2D eigenvalue weighted by Crippen LogP contribution is 2.32. The Labute approximate surface area is 191 Å². The first-order valence-corrected chi connectivity index (χ1v) is 11.9. The number of nitrogens with zero attached hydrogens (tertiary/aromatic N) is 2. The molecule has 0 unspecified atom stereocenters. The van der Waals surface area contributed by atoms with Gasteiger partial charge in [-0.3, -0.25) is 4.79 Å². The highest BCUT2D eigenvalue weighted by Gasteiger charge is 2.23. The number of hydrogen-bond acceptors (Lipinski definition) is 7. The second-order valence-corrected chi connectivity index (χ2v) is 10.1. The number of rotatable bonds is 7. The summed E-state index contributed by atoms with van der Waals surface area (Å²) in [5.41, 5.74) is 2.23. The van der Waals surface area contributed by atoms with Gasteiger partial charge in [-0.05, 0) is 44.2 Å². The van der Waals surface area contributed by atoms with Crippen LogP contribution in [0, 0.1) is 0 Å². The quantitative estimate of drug-likeness (QED) is 0.325. The van der Waals surface area contributed by atoms with E-state index in [2.05, 4.69) is 30.9 Å². The normalized spacial score (nSPS) is 11.5. The standard InChI is InChI=1S/C23H24N6O3S/c1-14(2)33(31,32)19-7-5-4-6-17(19)27-18-12-21(29-22-16(18)10-11-25-22)28-20-9-8-15(13-26-20)23(30)24-3/h4-14H,1-3H3,(H,24,30)(H3,25,26,27,28,29). The third-order valence-electron chi connectivity index (χ3n) is 5.12. The first kappa shape index (κ1) is 22.3. The van der Waals surface area contributed by atoms with E-state index in [4.69, 9.17) is 0 Å². The Kier molecular flexibility index (Phi) is 6.01. The number of hydrogen-bond donors (Lipinski definition) is 4. The number of carbonyl (C=O) groups is 1. The maximum atomic E-state index is 12.9. The molecule has 170 valence electrons. The summed E-state index contributed by atoms with van der Waals surface area (Å²) in [6.07, 6.45) is 3.24. The van der Waals surface area contributed by atoms with E-state index in [9.17, 15) is 13.2 Å². The molecule has 1 amide bonds. The van der Waals surface area contributed by atoms with Crippen LogP contribution >= 0.6 is 0 Å². The molecule has 0 spiro atoms. The summed E-state index contributed by atoms with van der Waals surface area (Å²) in [7, 11) is -1.93. The van der Waals surface area contributed by atoms with E-state index < -0.39 is 15.1 Å². The largest absolute Gasteiger partial charge is 0.355 e. The molecule has 33 heavy (non-hydrogen) atoms. The van der Waals surface area contributed by atoms with Gasteiger partial charge in [-0.15, -0.1) is 0 Å². The molecule has 0 radical (unpaired) electrons. The van der Waals surface area contributed by atoms with Gasteiger partial charge in [0.1, 0.15) is 17.3 Å². The summed E-state index contributed by atoms with van der Waals surface area (Å²) >= 11 is 0. The highest BCUT2D eigenvalue weighted by atomic mass is 32.2. The van der Waals surface area contributed by atoms with E-state index in [0.717, 1.165) is 5.39 Å². The maximum absolute atomic E-state index is 12.9. The molecule has 0 bridgehead atoms. The average molecular weight is 465 g/mol. The molecular formula is C23H24N6O3S. The zero-order valence-electron chi connectivity index (χ0n) is 18.4. The number of carbonyl (C=O) groups excluding carboxylic acids is 1. The number of pyridine rings is 2. The van der Waals surface area contributed by atoms with Gasteiger partial charge in [0.25, 0.3) is 5.91 Å². The van der Waals surface area contributed by atoms with Crippen LogP contribution in [0.5, 0.6) is 0 Å². The van der Waals surface area contributed by atoms with Crippen molar-refractivity contribution in [2.45, 2.75) is 24.0 Å². The molecule has 0 aliphatic rings. The second kappa shape index (κ2) is 8.91. The van der Waals surface area contributed by atoms with E-state index in [1.54, 1.807) is 69.6 Å². The van der Waals surface area contributed by atoms with E-state index in [0.29, 0.717) is 34.2 Å². The first-order chi connectivity index (χ1) is 15.8. The minimum absolute atomic E-state index is 0.221. The van der Waals surface area contributed by atoms with E-state index in [1.807, 2.05) is 6.07 Å². The van der Waals surface area contributed by atoms with Gasteiger partial charge in [0.15, 0.2) is 9.84 Å². The number of sulfone groups is 1.